The number of methoxy groups -OCH3 is 1. The Morgan fingerprint density at radius 3 is 2.14 bits per heavy atom. The molecule has 0 fully saturated rings. The molecule has 0 aliphatic rings. The lowest BCUT2D eigenvalue weighted by Gasteiger charge is -2.07. The van der Waals surface area contributed by atoms with E-state index >= 15 is 0 Å². The van der Waals surface area contributed by atoms with E-state index in [0.29, 0.717) is 0 Å². The molecule has 0 spiro atoms. The Bertz CT molecular complexity index is 1000. The van der Waals surface area contributed by atoms with Gasteiger partial charge in [0.15, 0.2) is 0 Å². The molecule has 1 heterocycles. The summed E-state index contributed by atoms with van der Waals surface area (Å²) >= 11 is 1.72. The van der Waals surface area contributed by atoms with Crippen molar-refractivity contribution in [3.05, 3.63) is 95.9 Å². The number of para-hydroxylation sites is 1. The zero-order valence-electron chi connectivity index (χ0n) is 15.5. The molecule has 0 saturated carbocycles. The molecule has 0 aliphatic carbocycles. The van der Waals surface area contributed by atoms with Crippen molar-refractivity contribution in [1.82, 2.24) is 0 Å². The van der Waals surface area contributed by atoms with Gasteiger partial charge in [0.1, 0.15) is 23.7 Å². The molecule has 0 saturated heterocycles. The van der Waals surface area contributed by atoms with Crippen LogP contribution in [0.2, 0.25) is 0 Å². The molecule has 142 valence electrons. The number of rotatable bonds is 6. The molecule has 0 atom stereocenters. The molecule has 4 rings (SSSR count). The number of anilines is 2. The van der Waals surface area contributed by atoms with Crippen molar-refractivity contribution >= 4 is 22.2 Å². The molecule has 0 aliphatic heterocycles. The van der Waals surface area contributed by atoms with E-state index in [-0.39, 0.29) is 17.0 Å². The molecule has 0 unspecified atom stereocenters. The Kier molecular flexibility index (Phi) is 6.85. The van der Waals surface area contributed by atoms with Crippen LogP contribution in [-0.4, -0.2) is 7.11 Å². The van der Waals surface area contributed by atoms with E-state index in [1.165, 1.54) is 16.8 Å². The normalized spacial score (nSPS) is 10.2. The average molecular weight is 453 g/mol. The summed E-state index contributed by atoms with van der Waals surface area (Å²) in [6.45, 7) is 0.806. The van der Waals surface area contributed by atoms with E-state index in [1.807, 2.05) is 30.3 Å². The van der Waals surface area contributed by atoms with Crippen molar-refractivity contribution in [2.24, 2.45) is 0 Å². The van der Waals surface area contributed by atoms with Gasteiger partial charge in [-0.15, -0.1) is 0 Å². The third kappa shape index (κ3) is 4.61. The first kappa shape index (κ1) is 20.1. The van der Waals surface area contributed by atoms with Crippen LogP contribution in [0.4, 0.5) is 10.8 Å². The van der Waals surface area contributed by atoms with Gasteiger partial charge in [-0.1, -0.05) is 59.9 Å². The van der Waals surface area contributed by atoms with Crippen LogP contribution in [0.25, 0.3) is 11.3 Å². The second kappa shape index (κ2) is 9.53. The van der Waals surface area contributed by atoms with Crippen molar-refractivity contribution in [3.8, 4) is 17.0 Å². The largest absolute Gasteiger partial charge is 1.00 e. The fraction of sp³-hybridized carbons (Fsp3) is 0.0870. The summed E-state index contributed by atoms with van der Waals surface area (Å²) in [6.07, 6.45) is 0. The highest BCUT2D eigenvalue weighted by molar-refractivity contribution is 7.13. The quantitative estimate of drug-likeness (QED) is 0.454. The maximum absolute atomic E-state index is 5.30. The zero-order valence-corrected chi connectivity index (χ0v) is 17.9. The molecule has 3 nitrogen and oxygen atoms in total. The fourth-order valence-corrected chi connectivity index (χ4v) is 3.95. The van der Waals surface area contributed by atoms with E-state index in [0.717, 1.165) is 23.1 Å². The van der Waals surface area contributed by atoms with E-state index < -0.39 is 0 Å². The van der Waals surface area contributed by atoms with Gasteiger partial charge >= 0.3 is 5.13 Å². The Labute approximate surface area is 180 Å². The van der Waals surface area contributed by atoms with E-state index in [2.05, 4.69) is 69.9 Å². The van der Waals surface area contributed by atoms with Crippen LogP contribution >= 0.6 is 11.3 Å². The van der Waals surface area contributed by atoms with Crippen LogP contribution in [0, 0.1) is 0 Å². The minimum Gasteiger partial charge on any atom is -1.00 e. The Morgan fingerprint density at radius 1 is 0.857 bits per heavy atom. The molecule has 0 radical (unpaired) electrons. The lowest BCUT2D eigenvalue weighted by atomic mass is 10.1. The molecule has 4 aromatic rings. The lowest BCUT2D eigenvalue weighted by molar-refractivity contribution is -0.659. The number of thiazole rings is 1. The number of ether oxygens (including phenoxy) is 1. The standard InChI is InChI=1S/C23H20N2OS.BrH/c1-26-21-14-12-19(13-15-21)22-17-27-23(24-20-10-6-3-7-11-20)25(22)16-18-8-4-2-5-9-18;/h2-15,17H,16H2,1H3;1H. The molecule has 0 amide bonds. The van der Waals surface area contributed by atoms with Crippen LogP contribution in [0.5, 0.6) is 5.75 Å². The molecule has 28 heavy (non-hydrogen) atoms. The first-order valence-electron chi connectivity index (χ1n) is 8.85. The van der Waals surface area contributed by atoms with Crippen molar-refractivity contribution in [1.29, 1.82) is 0 Å². The smallest absolute Gasteiger partial charge is 0.339 e. The number of halogens is 1. The topological polar surface area (TPSA) is 25.1 Å². The third-order valence-electron chi connectivity index (χ3n) is 4.41. The van der Waals surface area contributed by atoms with Gasteiger partial charge in [-0.2, -0.15) is 0 Å². The predicted molar refractivity (Wildman–Crippen MR) is 112 cm³/mol. The number of aromatic nitrogens is 1. The highest BCUT2D eigenvalue weighted by Gasteiger charge is 2.20. The maximum Gasteiger partial charge on any atom is 0.339 e. The number of benzene rings is 3. The van der Waals surface area contributed by atoms with Gasteiger partial charge in [0.2, 0.25) is 0 Å². The maximum atomic E-state index is 5.30. The van der Waals surface area contributed by atoms with Gasteiger partial charge in [-0.3, -0.25) is 0 Å². The Hall–Kier alpha value is -2.63. The molecule has 0 bridgehead atoms. The first-order valence-corrected chi connectivity index (χ1v) is 9.73. The van der Waals surface area contributed by atoms with Crippen molar-refractivity contribution in [3.63, 3.8) is 0 Å². The molecule has 1 aromatic heterocycles. The Balaban J connectivity index is 0.00000225. The summed E-state index contributed by atoms with van der Waals surface area (Å²) in [5, 5.41) is 6.87. The van der Waals surface area contributed by atoms with E-state index in [1.54, 1.807) is 18.4 Å². The molecular formula is C23H21BrN2OS. The minimum absolute atomic E-state index is 0. The predicted octanol–water partition coefficient (Wildman–Crippen LogP) is 2.51. The summed E-state index contributed by atoms with van der Waals surface area (Å²) in [4.78, 5) is 0. The first-order chi connectivity index (χ1) is 13.3. The van der Waals surface area contributed by atoms with Crippen LogP contribution < -0.4 is 31.6 Å². The molecular weight excluding hydrogens is 432 g/mol. The van der Waals surface area contributed by atoms with Gasteiger partial charge in [0, 0.05) is 10.9 Å². The summed E-state index contributed by atoms with van der Waals surface area (Å²) in [6, 6.07) is 29.0. The second-order valence-electron chi connectivity index (χ2n) is 6.22. The Morgan fingerprint density at radius 2 is 1.50 bits per heavy atom. The van der Waals surface area contributed by atoms with E-state index in [4.69, 9.17) is 4.74 Å². The van der Waals surface area contributed by atoms with Crippen LogP contribution in [0.15, 0.2) is 90.3 Å². The number of nitrogens with zero attached hydrogens (tertiary/aromatic N) is 1. The average Bonchev–Trinajstić information content (AvgIpc) is 3.12. The molecule has 3 aromatic carbocycles. The van der Waals surface area contributed by atoms with Crippen LogP contribution in [-0.2, 0) is 6.54 Å². The minimum atomic E-state index is 0. The van der Waals surface area contributed by atoms with Gasteiger partial charge in [0.05, 0.1) is 7.11 Å². The summed E-state index contributed by atoms with van der Waals surface area (Å²) in [5.41, 5.74) is 4.71. The summed E-state index contributed by atoms with van der Waals surface area (Å²) in [7, 11) is 1.69. The van der Waals surface area contributed by atoms with Gasteiger partial charge in [-0.25, -0.2) is 9.88 Å². The van der Waals surface area contributed by atoms with Gasteiger partial charge < -0.3 is 21.7 Å². The second-order valence-corrected chi connectivity index (χ2v) is 7.08. The number of hydrogen-bond acceptors (Lipinski definition) is 3. The van der Waals surface area contributed by atoms with Gasteiger partial charge in [0.25, 0.3) is 0 Å². The summed E-state index contributed by atoms with van der Waals surface area (Å²) in [5.74, 6) is 0.867. The highest BCUT2D eigenvalue weighted by atomic mass is 79.9. The lowest BCUT2D eigenvalue weighted by Crippen LogP contribution is -3.00. The van der Waals surface area contributed by atoms with Crippen molar-refractivity contribution in [2.45, 2.75) is 6.54 Å². The van der Waals surface area contributed by atoms with Crippen LogP contribution in [0.1, 0.15) is 5.56 Å². The molecule has 1 N–H and O–H groups in total. The number of hydrogen-bond donors (Lipinski definition) is 1. The summed E-state index contributed by atoms with van der Waals surface area (Å²) < 4.78 is 7.63. The van der Waals surface area contributed by atoms with E-state index in [9.17, 15) is 0 Å². The van der Waals surface area contributed by atoms with Gasteiger partial charge in [-0.05, 0) is 42.0 Å². The third-order valence-corrected chi connectivity index (χ3v) is 5.30. The molecule has 5 heteroatoms. The van der Waals surface area contributed by atoms with Crippen molar-refractivity contribution < 1.29 is 26.3 Å². The zero-order chi connectivity index (χ0) is 18.5. The monoisotopic (exact) mass is 452 g/mol. The van der Waals surface area contributed by atoms with Crippen LogP contribution in [0.3, 0.4) is 0 Å². The SMILES string of the molecule is COc1ccc(-c2csc(Nc3ccccc3)[n+]2Cc2ccccc2)cc1.[Br-]. The fourth-order valence-electron chi connectivity index (χ4n) is 3.00. The van der Waals surface area contributed by atoms with Crippen molar-refractivity contribution in [2.75, 3.05) is 12.4 Å². The highest BCUT2D eigenvalue weighted by Crippen LogP contribution is 2.27. The number of nitrogens with one attached hydrogen (secondary N) is 1.